The smallest absolute Gasteiger partial charge is 0.255 e. The van der Waals surface area contributed by atoms with Gasteiger partial charge in [0.1, 0.15) is 6.04 Å². The number of aryl methyl sites for hydroxylation is 1. The highest BCUT2D eigenvalue weighted by Gasteiger charge is 2.28. The molecule has 4 N–H and O–H groups in total. The van der Waals surface area contributed by atoms with Gasteiger partial charge in [-0.25, -0.2) is 0 Å². The van der Waals surface area contributed by atoms with Gasteiger partial charge < -0.3 is 11.1 Å². The molecule has 0 bridgehead atoms. The van der Waals surface area contributed by atoms with E-state index < -0.39 is 11.9 Å². The molecule has 2 rings (SSSR count). The van der Waals surface area contributed by atoms with Crippen LogP contribution in [0.25, 0.3) is 0 Å². The van der Waals surface area contributed by atoms with E-state index in [1.54, 1.807) is 11.6 Å². The van der Waals surface area contributed by atoms with Gasteiger partial charge in [-0.05, 0) is 26.3 Å². The van der Waals surface area contributed by atoms with Gasteiger partial charge in [-0.1, -0.05) is 0 Å². The third-order valence-electron chi connectivity index (χ3n) is 3.47. The van der Waals surface area contributed by atoms with Gasteiger partial charge in [-0.2, -0.15) is 5.10 Å². The zero-order chi connectivity index (χ0) is 15.4. The number of piperidine rings is 1. The van der Waals surface area contributed by atoms with Crippen molar-refractivity contribution in [3.05, 3.63) is 17.5 Å². The number of hydrogen-bond donors (Lipinski definition) is 3. The fraction of sp³-hybridized carbons (Fsp3) is 0.538. The predicted octanol–water partition coefficient (Wildman–Crippen LogP) is -0.925. The van der Waals surface area contributed by atoms with Crippen molar-refractivity contribution in [1.82, 2.24) is 20.4 Å². The van der Waals surface area contributed by atoms with Gasteiger partial charge in [-0.3, -0.25) is 24.4 Å². The van der Waals surface area contributed by atoms with Crippen LogP contribution in [0.3, 0.4) is 0 Å². The third kappa shape index (κ3) is 3.46. The Labute approximate surface area is 122 Å². The number of hydrogen-bond acceptors (Lipinski definition) is 5. The summed E-state index contributed by atoms with van der Waals surface area (Å²) in [5, 5.41) is 8.99. The first-order valence-corrected chi connectivity index (χ1v) is 6.90. The van der Waals surface area contributed by atoms with Crippen LogP contribution in [-0.4, -0.2) is 40.1 Å². The molecule has 1 fully saturated rings. The number of rotatable bonds is 5. The van der Waals surface area contributed by atoms with Crippen LogP contribution >= 0.6 is 0 Å². The van der Waals surface area contributed by atoms with Crippen LogP contribution in [0.4, 0.5) is 0 Å². The molecule has 1 aliphatic rings. The number of carbonyl (C=O) groups excluding carboxylic acids is 3. The van der Waals surface area contributed by atoms with Crippen LogP contribution < -0.4 is 16.4 Å². The number of nitrogens with two attached hydrogens (primary N) is 1. The van der Waals surface area contributed by atoms with Crippen molar-refractivity contribution in [1.29, 1.82) is 0 Å². The Morgan fingerprint density at radius 1 is 1.57 bits per heavy atom. The average molecular weight is 293 g/mol. The zero-order valence-electron chi connectivity index (χ0n) is 11.9. The van der Waals surface area contributed by atoms with Gasteiger partial charge in [0.25, 0.3) is 5.91 Å². The highest BCUT2D eigenvalue weighted by Crippen LogP contribution is 2.10. The topological polar surface area (TPSA) is 119 Å². The van der Waals surface area contributed by atoms with Gasteiger partial charge in [0.15, 0.2) is 0 Å². The number of nitrogens with zero attached hydrogens (tertiary/aromatic N) is 2. The van der Waals surface area contributed by atoms with Gasteiger partial charge in [0.2, 0.25) is 11.8 Å². The maximum Gasteiger partial charge on any atom is 0.255 e. The summed E-state index contributed by atoms with van der Waals surface area (Å²) in [4.78, 5) is 34.9. The number of nitrogens with one attached hydrogen (secondary N) is 2. The molecule has 2 heterocycles. The number of amides is 3. The van der Waals surface area contributed by atoms with E-state index in [0.29, 0.717) is 25.1 Å². The van der Waals surface area contributed by atoms with Crippen LogP contribution in [0.15, 0.2) is 6.20 Å². The predicted molar refractivity (Wildman–Crippen MR) is 74.3 cm³/mol. The van der Waals surface area contributed by atoms with E-state index in [2.05, 4.69) is 15.7 Å². The zero-order valence-corrected chi connectivity index (χ0v) is 11.9. The summed E-state index contributed by atoms with van der Waals surface area (Å²) < 4.78 is 1.71. The van der Waals surface area contributed by atoms with Crippen LogP contribution in [0.5, 0.6) is 0 Å². The molecular weight excluding hydrogens is 274 g/mol. The third-order valence-corrected chi connectivity index (χ3v) is 3.47. The fourth-order valence-corrected chi connectivity index (χ4v) is 2.20. The standard InChI is InChI=1S/C13H19N5O3/c1-8-9(7-15-18(8)6-2-5-14)12(20)16-10-3-4-11(19)17-13(10)21/h7,10H,2-6,14H2,1H3,(H,16,20)(H,17,19,21). The molecule has 0 radical (unpaired) electrons. The largest absolute Gasteiger partial charge is 0.340 e. The van der Waals surface area contributed by atoms with Crippen molar-refractivity contribution in [2.24, 2.45) is 5.73 Å². The lowest BCUT2D eigenvalue weighted by Crippen LogP contribution is -2.52. The molecule has 21 heavy (non-hydrogen) atoms. The number of aromatic nitrogens is 2. The molecular formula is C13H19N5O3. The lowest BCUT2D eigenvalue weighted by molar-refractivity contribution is -0.134. The molecule has 1 atom stereocenters. The van der Waals surface area contributed by atoms with E-state index in [0.717, 1.165) is 12.1 Å². The summed E-state index contributed by atoms with van der Waals surface area (Å²) in [5.41, 5.74) is 6.61. The number of imide groups is 1. The van der Waals surface area contributed by atoms with Gasteiger partial charge in [0.05, 0.1) is 11.8 Å². The average Bonchev–Trinajstić information content (AvgIpc) is 2.81. The molecule has 1 unspecified atom stereocenters. The maximum atomic E-state index is 12.2. The minimum Gasteiger partial charge on any atom is -0.340 e. The summed E-state index contributed by atoms with van der Waals surface area (Å²) in [6.45, 7) is 2.99. The Balaban J connectivity index is 2.02. The van der Waals surface area contributed by atoms with Gasteiger partial charge in [0, 0.05) is 18.7 Å². The highest BCUT2D eigenvalue weighted by atomic mass is 16.2. The molecule has 0 aromatic carbocycles. The normalized spacial score (nSPS) is 18.5. The molecule has 0 aliphatic carbocycles. The molecule has 1 saturated heterocycles. The lowest BCUT2D eigenvalue weighted by atomic mass is 10.1. The van der Waals surface area contributed by atoms with E-state index >= 15 is 0 Å². The second kappa shape index (κ2) is 6.49. The summed E-state index contributed by atoms with van der Waals surface area (Å²) in [5.74, 6) is -1.13. The van der Waals surface area contributed by atoms with Crippen LogP contribution in [-0.2, 0) is 16.1 Å². The first-order chi connectivity index (χ1) is 10.0. The Morgan fingerprint density at radius 3 is 3.00 bits per heavy atom. The van der Waals surface area contributed by atoms with E-state index in [4.69, 9.17) is 5.73 Å². The monoisotopic (exact) mass is 293 g/mol. The second-order valence-electron chi connectivity index (χ2n) is 4.99. The molecule has 1 aromatic heterocycles. The molecule has 8 nitrogen and oxygen atoms in total. The van der Waals surface area contributed by atoms with E-state index in [9.17, 15) is 14.4 Å². The van der Waals surface area contributed by atoms with Crippen LogP contribution in [0, 0.1) is 6.92 Å². The van der Waals surface area contributed by atoms with Crippen molar-refractivity contribution in [3.63, 3.8) is 0 Å². The number of carbonyl (C=O) groups is 3. The van der Waals surface area contributed by atoms with Crippen molar-refractivity contribution in [2.45, 2.75) is 38.8 Å². The van der Waals surface area contributed by atoms with Crippen molar-refractivity contribution >= 4 is 17.7 Å². The Morgan fingerprint density at radius 2 is 2.33 bits per heavy atom. The molecule has 114 valence electrons. The molecule has 8 heteroatoms. The minimum atomic E-state index is -0.679. The van der Waals surface area contributed by atoms with Crippen LogP contribution in [0.1, 0.15) is 35.3 Å². The van der Waals surface area contributed by atoms with Crippen molar-refractivity contribution in [3.8, 4) is 0 Å². The Bertz CT molecular complexity index is 566. The quantitative estimate of drug-likeness (QED) is 0.606. The molecule has 3 amide bonds. The van der Waals surface area contributed by atoms with Gasteiger partial charge >= 0.3 is 0 Å². The van der Waals surface area contributed by atoms with Crippen molar-refractivity contribution < 1.29 is 14.4 Å². The minimum absolute atomic E-state index is 0.228. The van der Waals surface area contributed by atoms with Gasteiger partial charge in [-0.15, -0.1) is 0 Å². The summed E-state index contributed by atoms with van der Waals surface area (Å²) in [6.07, 6.45) is 2.80. The summed E-state index contributed by atoms with van der Waals surface area (Å²) >= 11 is 0. The van der Waals surface area contributed by atoms with E-state index in [-0.39, 0.29) is 18.2 Å². The first-order valence-electron chi connectivity index (χ1n) is 6.90. The van der Waals surface area contributed by atoms with E-state index in [1.165, 1.54) is 6.20 Å². The summed E-state index contributed by atoms with van der Waals surface area (Å²) in [7, 11) is 0. The van der Waals surface area contributed by atoms with Crippen LogP contribution in [0.2, 0.25) is 0 Å². The maximum absolute atomic E-state index is 12.2. The fourth-order valence-electron chi connectivity index (χ4n) is 2.20. The first kappa shape index (κ1) is 15.2. The molecule has 1 aromatic rings. The molecule has 0 saturated carbocycles. The molecule has 1 aliphatic heterocycles. The molecule has 0 spiro atoms. The highest BCUT2D eigenvalue weighted by molar-refractivity contribution is 6.03. The van der Waals surface area contributed by atoms with E-state index in [1.807, 2.05) is 0 Å². The second-order valence-corrected chi connectivity index (χ2v) is 4.99. The Kier molecular flexibility index (Phi) is 4.69. The Hall–Kier alpha value is -2.22. The van der Waals surface area contributed by atoms with Crippen molar-refractivity contribution in [2.75, 3.05) is 6.54 Å². The SMILES string of the molecule is Cc1c(C(=O)NC2CCC(=O)NC2=O)cnn1CCCN. The summed E-state index contributed by atoms with van der Waals surface area (Å²) in [6, 6.07) is -0.679. The lowest BCUT2D eigenvalue weighted by Gasteiger charge is -2.21.